The molecule has 1 N–H and O–H groups in total. The van der Waals surface area contributed by atoms with Crippen LogP contribution in [-0.4, -0.2) is 13.7 Å². The van der Waals surface area contributed by atoms with Gasteiger partial charge < -0.3 is 14.8 Å². The molecule has 3 heteroatoms. The zero-order valence-corrected chi connectivity index (χ0v) is 12.2. The standard InChI is InChI=1S/C17H21NO2/c1-4-20-17-8-6-5-7-16(17)13(2)18-14-9-11-15(19-3)12-10-14/h5-13,18H,4H2,1-3H3. The maximum Gasteiger partial charge on any atom is 0.124 e. The van der Waals surface area contributed by atoms with Crippen LogP contribution in [0.5, 0.6) is 11.5 Å². The molecule has 0 aliphatic carbocycles. The molecule has 0 saturated heterocycles. The monoisotopic (exact) mass is 271 g/mol. The van der Waals surface area contributed by atoms with Gasteiger partial charge in [-0.2, -0.15) is 0 Å². The lowest BCUT2D eigenvalue weighted by atomic mass is 10.1. The minimum absolute atomic E-state index is 0.172. The summed E-state index contributed by atoms with van der Waals surface area (Å²) in [5.74, 6) is 1.79. The minimum atomic E-state index is 0.172. The van der Waals surface area contributed by atoms with Gasteiger partial charge in [0.1, 0.15) is 11.5 Å². The fourth-order valence-electron chi connectivity index (χ4n) is 2.14. The molecular weight excluding hydrogens is 250 g/mol. The van der Waals surface area contributed by atoms with Gasteiger partial charge in [-0.15, -0.1) is 0 Å². The van der Waals surface area contributed by atoms with E-state index in [0.717, 1.165) is 22.7 Å². The van der Waals surface area contributed by atoms with E-state index in [1.807, 2.05) is 49.4 Å². The van der Waals surface area contributed by atoms with Crippen LogP contribution < -0.4 is 14.8 Å². The van der Waals surface area contributed by atoms with Crippen molar-refractivity contribution in [3.63, 3.8) is 0 Å². The van der Waals surface area contributed by atoms with Crippen LogP contribution in [0.25, 0.3) is 0 Å². The summed E-state index contributed by atoms with van der Waals surface area (Å²) in [6.07, 6.45) is 0. The Morgan fingerprint density at radius 3 is 2.40 bits per heavy atom. The van der Waals surface area contributed by atoms with Crippen molar-refractivity contribution in [2.75, 3.05) is 19.0 Å². The molecule has 0 fully saturated rings. The Morgan fingerprint density at radius 2 is 1.75 bits per heavy atom. The predicted octanol–water partition coefficient (Wildman–Crippen LogP) is 4.27. The van der Waals surface area contributed by atoms with E-state index in [4.69, 9.17) is 9.47 Å². The quantitative estimate of drug-likeness (QED) is 0.851. The summed E-state index contributed by atoms with van der Waals surface area (Å²) in [6.45, 7) is 4.80. The zero-order valence-electron chi connectivity index (χ0n) is 12.2. The number of benzene rings is 2. The Hall–Kier alpha value is -2.16. The summed E-state index contributed by atoms with van der Waals surface area (Å²) in [5.41, 5.74) is 2.22. The molecule has 20 heavy (non-hydrogen) atoms. The number of para-hydroxylation sites is 1. The Bertz CT molecular complexity index is 537. The van der Waals surface area contributed by atoms with E-state index in [-0.39, 0.29) is 6.04 Å². The highest BCUT2D eigenvalue weighted by Crippen LogP contribution is 2.28. The Labute approximate surface area is 120 Å². The SMILES string of the molecule is CCOc1ccccc1C(C)Nc1ccc(OC)cc1. The van der Waals surface area contributed by atoms with Crippen LogP contribution in [0.1, 0.15) is 25.5 Å². The second-order valence-electron chi connectivity index (χ2n) is 4.57. The number of rotatable bonds is 6. The zero-order chi connectivity index (χ0) is 14.4. The normalized spacial score (nSPS) is 11.8. The van der Waals surface area contributed by atoms with Gasteiger partial charge in [-0.05, 0) is 44.2 Å². The van der Waals surface area contributed by atoms with E-state index in [9.17, 15) is 0 Å². The van der Waals surface area contributed by atoms with Crippen LogP contribution in [0.4, 0.5) is 5.69 Å². The highest BCUT2D eigenvalue weighted by atomic mass is 16.5. The summed E-state index contributed by atoms with van der Waals surface area (Å²) >= 11 is 0. The van der Waals surface area contributed by atoms with Gasteiger partial charge in [-0.1, -0.05) is 18.2 Å². The van der Waals surface area contributed by atoms with E-state index in [1.165, 1.54) is 0 Å². The van der Waals surface area contributed by atoms with Gasteiger partial charge in [-0.3, -0.25) is 0 Å². The molecule has 0 aliphatic rings. The topological polar surface area (TPSA) is 30.5 Å². The maximum atomic E-state index is 5.67. The third kappa shape index (κ3) is 3.44. The van der Waals surface area contributed by atoms with Crippen LogP contribution in [0, 0.1) is 0 Å². The number of hydrogen-bond donors (Lipinski definition) is 1. The molecule has 0 amide bonds. The summed E-state index contributed by atoms with van der Waals surface area (Å²) < 4.78 is 10.8. The third-order valence-corrected chi connectivity index (χ3v) is 3.16. The van der Waals surface area contributed by atoms with Gasteiger partial charge in [0.25, 0.3) is 0 Å². The molecule has 0 heterocycles. The summed E-state index contributed by atoms with van der Waals surface area (Å²) in [5, 5.41) is 3.47. The number of anilines is 1. The smallest absolute Gasteiger partial charge is 0.124 e. The van der Waals surface area contributed by atoms with Crippen molar-refractivity contribution in [2.45, 2.75) is 19.9 Å². The van der Waals surface area contributed by atoms with Gasteiger partial charge in [0.15, 0.2) is 0 Å². The maximum absolute atomic E-state index is 5.67. The number of nitrogens with one attached hydrogen (secondary N) is 1. The van der Waals surface area contributed by atoms with Crippen LogP contribution in [0.15, 0.2) is 48.5 Å². The molecule has 1 atom stereocenters. The van der Waals surface area contributed by atoms with Crippen LogP contribution in [0.3, 0.4) is 0 Å². The lowest BCUT2D eigenvalue weighted by molar-refractivity contribution is 0.335. The molecular formula is C17H21NO2. The largest absolute Gasteiger partial charge is 0.497 e. The molecule has 0 aromatic heterocycles. The lowest BCUT2D eigenvalue weighted by Crippen LogP contribution is -2.08. The molecule has 0 aliphatic heterocycles. The van der Waals surface area contributed by atoms with Gasteiger partial charge in [0, 0.05) is 11.3 Å². The molecule has 1 unspecified atom stereocenters. The molecule has 0 bridgehead atoms. The predicted molar refractivity (Wildman–Crippen MR) is 82.6 cm³/mol. The molecule has 2 aromatic rings. The van der Waals surface area contributed by atoms with Crippen LogP contribution >= 0.6 is 0 Å². The first-order valence-electron chi connectivity index (χ1n) is 6.87. The van der Waals surface area contributed by atoms with E-state index in [0.29, 0.717) is 6.61 Å². The second-order valence-corrected chi connectivity index (χ2v) is 4.57. The molecule has 0 spiro atoms. The molecule has 106 valence electrons. The molecule has 0 radical (unpaired) electrons. The van der Waals surface area contributed by atoms with E-state index < -0.39 is 0 Å². The van der Waals surface area contributed by atoms with Crippen LogP contribution in [0.2, 0.25) is 0 Å². The number of hydrogen-bond acceptors (Lipinski definition) is 3. The van der Waals surface area contributed by atoms with E-state index in [1.54, 1.807) is 7.11 Å². The Morgan fingerprint density at radius 1 is 1.05 bits per heavy atom. The van der Waals surface area contributed by atoms with Gasteiger partial charge in [0.2, 0.25) is 0 Å². The molecule has 0 saturated carbocycles. The average molecular weight is 271 g/mol. The van der Waals surface area contributed by atoms with Gasteiger partial charge >= 0.3 is 0 Å². The summed E-state index contributed by atoms with van der Waals surface area (Å²) in [6, 6.07) is 16.2. The molecule has 2 rings (SSSR count). The lowest BCUT2D eigenvalue weighted by Gasteiger charge is -2.19. The molecule has 3 nitrogen and oxygen atoms in total. The van der Waals surface area contributed by atoms with Crippen LogP contribution in [-0.2, 0) is 0 Å². The first kappa shape index (κ1) is 14.3. The Balaban J connectivity index is 2.12. The fraction of sp³-hybridized carbons (Fsp3) is 0.294. The van der Waals surface area contributed by atoms with E-state index >= 15 is 0 Å². The third-order valence-electron chi connectivity index (χ3n) is 3.16. The van der Waals surface area contributed by atoms with Gasteiger partial charge in [-0.25, -0.2) is 0 Å². The highest BCUT2D eigenvalue weighted by molar-refractivity contribution is 5.49. The van der Waals surface area contributed by atoms with Crippen molar-refractivity contribution in [3.8, 4) is 11.5 Å². The Kier molecular flexibility index (Phi) is 4.88. The van der Waals surface area contributed by atoms with Gasteiger partial charge in [0.05, 0.1) is 19.8 Å². The summed E-state index contributed by atoms with van der Waals surface area (Å²) in [7, 11) is 1.67. The number of methoxy groups -OCH3 is 1. The van der Waals surface area contributed by atoms with Crippen molar-refractivity contribution < 1.29 is 9.47 Å². The van der Waals surface area contributed by atoms with Crippen molar-refractivity contribution in [3.05, 3.63) is 54.1 Å². The fourth-order valence-corrected chi connectivity index (χ4v) is 2.14. The molecule has 2 aromatic carbocycles. The first-order chi connectivity index (χ1) is 9.74. The van der Waals surface area contributed by atoms with Crippen molar-refractivity contribution in [1.29, 1.82) is 0 Å². The van der Waals surface area contributed by atoms with Crippen molar-refractivity contribution in [2.24, 2.45) is 0 Å². The first-order valence-corrected chi connectivity index (χ1v) is 6.87. The number of ether oxygens (including phenoxy) is 2. The highest BCUT2D eigenvalue weighted by Gasteiger charge is 2.10. The summed E-state index contributed by atoms with van der Waals surface area (Å²) in [4.78, 5) is 0. The average Bonchev–Trinajstić information content (AvgIpc) is 2.49. The van der Waals surface area contributed by atoms with Crippen molar-refractivity contribution >= 4 is 5.69 Å². The minimum Gasteiger partial charge on any atom is -0.497 e. The van der Waals surface area contributed by atoms with E-state index in [2.05, 4.69) is 18.3 Å². The second kappa shape index (κ2) is 6.85. The van der Waals surface area contributed by atoms with Crippen molar-refractivity contribution in [1.82, 2.24) is 0 Å².